The van der Waals surface area contributed by atoms with Crippen LogP contribution in [0.1, 0.15) is 26.2 Å². The van der Waals surface area contributed by atoms with Crippen LogP contribution in [-0.4, -0.2) is 34.8 Å². The molecule has 1 unspecified atom stereocenters. The van der Waals surface area contributed by atoms with Crippen LogP contribution in [0.5, 0.6) is 0 Å². The summed E-state index contributed by atoms with van der Waals surface area (Å²) < 4.78 is 7.62. The maximum Gasteiger partial charge on any atom is 0.0945 e. The molecule has 0 bridgehead atoms. The van der Waals surface area contributed by atoms with Crippen molar-refractivity contribution in [2.45, 2.75) is 38.3 Å². The van der Waals surface area contributed by atoms with Gasteiger partial charge in [-0.05, 0) is 32.7 Å². The number of hydrogen-bond acceptors (Lipinski definition) is 3. The molecule has 0 aromatic carbocycles. The predicted molar refractivity (Wildman–Crippen MR) is 63.3 cm³/mol. The zero-order valence-corrected chi connectivity index (χ0v) is 9.98. The van der Waals surface area contributed by atoms with Crippen molar-refractivity contribution in [3.63, 3.8) is 0 Å². The van der Waals surface area contributed by atoms with Crippen molar-refractivity contribution in [3.05, 3.63) is 18.7 Å². The molecule has 90 valence electrons. The minimum Gasteiger partial charge on any atom is -0.380 e. The number of ether oxygens (including phenoxy) is 1. The molecule has 1 saturated heterocycles. The van der Waals surface area contributed by atoms with Crippen molar-refractivity contribution in [2.24, 2.45) is 0 Å². The summed E-state index contributed by atoms with van der Waals surface area (Å²) in [5, 5.41) is 3.60. The van der Waals surface area contributed by atoms with Crippen LogP contribution in [0.2, 0.25) is 0 Å². The van der Waals surface area contributed by atoms with Crippen molar-refractivity contribution in [3.8, 4) is 0 Å². The SMILES string of the molecule is CC1(NCCCn2ccnc2)CCCOC1. The minimum absolute atomic E-state index is 0.188. The molecule has 0 radical (unpaired) electrons. The third-order valence-corrected chi connectivity index (χ3v) is 3.14. The first-order valence-corrected chi connectivity index (χ1v) is 6.07. The van der Waals surface area contributed by atoms with E-state index in [1.54, 1.807) is 0 Å². The molecule has 4 heteroatoms. The summed E-state index contributed by atoms with van der Waals surface area (Å²) in [6.07, 6.45) is 9.22. The van der Waals surface area contributed by atoms with Gasteiger partial charge in [0.25, 0.3) is 0 Å². The Balaban J connectivity index is 1.63. The van der Waals surface area contributed by atoms with E-state index in [-0.39, 0.29) is 5.54 Å². The van der Waals surface area contributed by atoms with Gasteiger partial charge in [-0.3, -0.25) is 0 Å². The molecular weight excluding hydrogens is 202 g/mol. The lowest BCUT2D eigenvalue weighted by atomic mass is 9.95. The Kier molecular flexibility index (Phi) is 3.96. The van der Waals surface area contributed by atoms with Crippen molar-refractivity contribution >= 4 is 0 Å². The average molecular weight is 223 g/mol. The number of rotatable bonds is 5. The van der Waals surface area contributed by atoms with Crippen molar-refractivity contribution in [2.75, 3.05) is 19.8 Å². The van der Waals surface area contributed by atoms with Crippen LogP contribution >= 0.6 is 0 Å². The zero-order chi connectivity index (χ0) is 11.3. The molecule has 0 saturated carbocycles. The molecule has 1 N–H and O–H groups in total. The van der Waals surface area contributed by atoms with Crippen molar-refractivity contribution in [1.82, 2.24) is 14.9 Å². The van der Waals surface area contributed by atoms with E-state index in [2.05, 4.69) is 21.8 Å². The highest BCUT2D eigenvalue weighted by atomic mass is 16.5. The zero-order valence-electron chi connectivity index (χ0n) is 9.98. The van der Waals surface area contributed by atoms with Crippen LogP contribution in [-0.2, 0) is 11.3 Å². The summed E-state index contributed by atoms with van der Waals surface area (Å²) in [6, 6.07) is 0. The number of nitrogens with zero attached hydrogens (tertiary/aromatic N) is 2. The van der Waals surface area contributed by atoms with Crippen LogP contribution in [0.25, 0.3) is 0 Å². The van der Waals surface area contributed by atoms with E-state index in [1.165, 1.54) is 12.8 Å². The molecule has 4 nitrogen and oxygen atoms in total. The number of imidazole rings is 1. The van der Waals surface area contributed by atoms with Crippen LogP contribution in [0.15, 0.2) is 18.7 Å². The first kappa shape index (κ1) is 11.6. The average Bonchev–Trinajstić information content (AvgIpc) is 2.78. The quantitative estimate of drug-likeness (QED) is 0.768. The second kappa shape index (κ2) is 5.46. The van der Waals surface area contributed by atoms with Gasteiger partial charge in [0.2, 0.25) is 0 Å². The van der Waals surface area contributed by atoms with Gasteiger partial charge in [0, 0.05) is 31.1 Å². The third kappa shape index (κ3) is 3.32. The van der Waals surface area contributed by atoms with Gasteiger partial charge < -0.3 is 14.6 Å². The van der Waals surface area contributed by atoms with E-state index in [0.29, 0.717) is 0 Å². The van der Waals surface area contributed by atoms with Crippen molar-refractivity contribution < 1.29 is 4.74 Å². The summed E-state index contributed by atoms with van der Waals surface area (Å²) in [7, 11) is 0. The Bertz CT molecular complexity index is 291. The molecule has 0 aliphatic carbocycles. The van der Waals surface area contributed by atoms with Gasteiger partial charge in [0.15, 0.2) is 0 Å². The molecule has 1 aromatic heterocycles. The van der Waals surface area contributed by atoms with Crippen LogP contribution in [0, 0.1) is 0 Å². The van der Waals surface area contributed by atoms with E-state index in [0.717, 1.165) is 32.7 Å². The van der Waals surface area contributed by atoms with Gasteiger partial charge in [0.1, 0.15) is 0 Å². The molecule has 1 aromatic rings. The fraction of sp³-hybridized carbons (Fsp3) is 0.750. The van der Waals surface area contributed by atoms with Crippen LogP contribution in [0.4, 0.5) is 0 Å². The Morgan fingerprint density at radius 3 is 3.19 bits per heavy atom. The van der Waals surface area contributed by atoms with E-state index in [4.69, 9.17) is 4.74 Å². The van der Waals surface area contributed by atoms with E-state index < -0.39 is 0 Å². The summed E-state index contributed by atoms with van der Waals surface area (Å²) in [4.78, 5) is 4.03. The van der Waals surface area contributed by atoms with Crippen LogP contribution in [0.3, 0.4) is 0 Å². The maximum atomic E-state index is 5.51. The van der Waals surface area contributed by atoms with E-state index in [1.807, 2.05) is 18.7 Å². The number of aromatic nitrogens is 2. The standard InChI is InChI=1S/C12H21N3O/c1-12(4-2-9-16-10-12)14-5-3-7-15-8-6-13-11-15/h6,8,11,14H,2-5,7,9-10H2,1H3. The Morgan fingerprint density at radius 1 is 1.56 bits per heavy atom. The monoisotopic (exact) mass is 223 g/mol. The lowest BCUT2D eigenvalue weighted by Crippen LogP contribution is -2.49. The number of hydrogen-bond donors (Lipinski definition) is 1. The normalized spacial score (nSPS) is 25.8. The van der Waals surface area contributed by atoms with Gasteiger partial charge in [-0.1, -0.05) is 0 Å². The third-order valence-electron chi connectivity index (χ3n) is 3.14. The summed E-state index contributed by atoms with van der Waals surface area (Å²) in [5.74, 6) is 0. The smallest absolute Gasteiger partial charge is 0.0945 e. The molecule has 1 aliphatic heterocycles. The molecule has 2 heterocycles. The Morgan fingerprint density at radius 2 is 2.50 bits per heavy atom. The molecule has 1 atom stereocenters. The molecule has 2 rings (SSSR count). The van der Waals surface area contributed by atoms with Gasteiger partial charge in [-0.25, -0.2) is 4.98 Å². The fourth-order valence-electron chi connectivity index (χ4n) is 2.14. The molecular formula is C12H21N3O. The van der Waals surface area contributed by atoms with Gasteiger partial charge >= 0.3 is 0 Å². The predicted octanol–water partition coefficient (Wildman–Crippen LogP) is 1.43. The largest absolute Gasteiger partial charge is 0.380 e. The number of nitrogens with one attached hydrogen (secondary N) is 1. The second-order valence-electron chi connectivity index (χ2n) is 4.80. The topological polar surface area (TPSA) is 39.1 Å². The molecule has 0 amide bonds. The van der Waals surface area contributed by atoms with Crippen molar-refractivity contribution in [1.29, 1.82) is 0 Å². The lowest BCUT2D eigenvalue weighted by molar-refractivity contribution is 0.0285. The highest BCUT2D eigenvalue weighted by molar-refractivity contribution is 4.85. The van der Waals surface area contributed by atoms with E-state index in [9.17, 15) is 0 Å². The summed E-state index contributed by atoms with van der Waals surface area (Å²) in [6.45, 7) is 6.09. The highest BCUT2D eigenvalue weighted by Crippen LogP contribution is 2.17. The van der Waals surface area contributed by atoms with Gasteiger partial charge in [-0.2, -0.15) is 0 Å². The lowest BCUT2D eigenvalue weighted by Gasteiger charge is -2.34. The van der Waals surface area contributed by atoms with Gasteiger partial charge in [0.05, 0.1) is 12.9 Å². The molecule has 1 aliphatic rings. The minimum atomic E-state index is 0.188. The van der Waals surface area contributed by atoms with Gasteiger partial charge in [-0.15, -0.1) is 0 Å². The Labute approximate surface area is 97.0 Å². The number of aryl methyl sites for hydroxylation is 1. The summed E-state index contributed by atoms with van der Waals surface area (Å²) >= 11 is 0. The maximum absolute atomic E-state index is 5.51. The first-order chi connectivity index (χ1) is 7.79. The Hall–Kier alpha value is -0.870. The highest BCUT2D eigenvalue weighted by Gasteiger charge is 2.26. The van der Waals surface area contributed by atoms with Crippen LogP contribution < -0.4 is 5.32 Å². The first-order valence-electron chi connectivity index (χ1n) is 6.07. The molecule has 1 fully saturated rings. The summed E-state index contributed by atoms with van der Waals surface area (Å²) in [5.41, 5.74) is 0.188. The molecule has 0 spiro atoms. The van der Waals surface area contributed by atoms with E-state index >= 15 is 0 Å². The fourth-order valence-corrected chi connectivity index (χ4v) is 2.14. The second-order valence-corrected chi connectivity index (χ2v) is 4.80. The molecule has 16 heavy (non-hydrogen) atoms.